The third kappa shape index (κ3) is 3.98. The lowest BCUT2D eigenvalue weighted by atomic mass is 9.91. The van der Waals surface area contributed by atoms with Gasteiger partial charge in [-0.1, -0.05) is 0 Å². The first-order chi connectivity index (χ1) is 13.1. The summed E-state index contributed by atoms with van der Waals surface area (Å²) in [4.78, 5) is 23.9. The number of likely N-dealkylation sites (tertiary alicyclic amines) is 2. The molecule has 3 heterocycles. The number of nitrogens with zero attached hydrogens (tertiary/aromatic N) is 4. The number of carboxylic acid groups (broad SMARTS) is 1. The Morgan fingerprint density at radius 2 is 1.85 bits per heavy atom. The molecule has 2 fully saturated rings. The molecule has 0 bridgehead atoms. The second-order valence-electron chi connectivity index (χ2n) is 7.60. The van der Waals surface area contributed by atoms with Crippen LogP contribution in [0.5, 0.6) is 5.75 Å². The van der Waals surface area contributed by atoms with Crippen LogP contribution in [0.4, 0.5) is 4.79 Å². The maximum Gasteiger partial charge on any atom is 0.407 e. The molecule has 2 aromatic rings. The Morgan fingerprint density at radius 3 is 2.56 bits per heavy atom. The number of ether oxygens (including phenoxy) is 1. The normalized spacial score (nSPS) is 20.1. The van der Waals surface area contributed by atoms with Crippen LogP contribution < -0.4 is 4.74 Å². The molecular weight excluding hydrogens is 344 g/mol. The number of piperidine rings is 2. The van der Waals surface area contributed by atoms with E-state index in [1.165, 1.54) is 4.90 Å². The van der Waals surface area contributed by atoms with E-state index in [4.69, 9.17) is 9.84 Å². The average molecular weight is 370 g/mol. The minimum absolute atomic E-state index is 0.264. The molecule has 4 rings (SSSR count). The number of carbonyl (C=O) groups is 1. The molecule has 1 N–H and O–H groups in total. The SMILES string of the molecule is CN1CCC(Oc2ccc3c(C4CCN(C(=O)O)CC4)ncnc3c2)CC1. The zero-order chi connectivity index (χ0) is 18.8. The fourth-order valence-corrected chi connectivity index (χ4v) is 4.10. The third-order valence-electron chi connectivity index (χ3n) is 5.76. The Labute approximate surface area is 159 Å². The van der Waals surface area contributed by atoms with Crippen molar-refractivity contribution >= 4 is 17.0 Å². The molecule has 7 heteroatoms. The molecular formula is C20H26N4O3. The van der Waals surface area contributed by atoms with Crippen molar-refractivity contribution in [2.45, 2.75) is 37.7 Å². The minimum atomic E-state index is -0.836. The van der Waals surface area contributed by atoms with Gasteiger partial charge >= 0.3 is 6.09 Å². The van der Waals surface area contributed by atoms with Gasteiger partial charge in [-0.15, -0.1) is 0 Å². The molecule has 0 radical (unpaired) electrons. The lowest BCUT2D eigenvalue weighted by molar-refractivity contribution is 0.114. The van der Waals surface area contributed by atoms with Gasteiger partial charge in [0.05, 0.1) is 11.2 Å². The Hall–Kier alpha value is -2.41. The number of hydrogen-bond acceptors (Lipinski definition) is 5. The molecule has 0 aliphatic carbocycles. The van der Waals surface area contributed by atoms with Gasteiger partial charge in [0.2, 0.25) is 0 Å². The van der Waals surface area contributed by atoms with Gasteiger partial charge in [-0.25, -0.2) is 14.8 Å². The van der Waals surface area contributed by atoms with E-state index in [1.807, 2.05) is 12.1 Å². The first-order valence-electron chi connectivity index (χ1n) is 9.68. The number of benzene rings is 1. The molecule has 2 saturated heterocycles. The third-order valence-corrected chi connectivity index (χ3v) is 5.76. The number of aromatic nitrogens is 2. The van der Waals surface area contributed by atoms with Crippen molar-refractivity contribution in [1.82, 2.24) is 19.8 Å². The van der Waals surface area contributed by atoms with Crippen LogP contribution in [0.2, 0.25) is 0 Å². The summed E-state index contributed by atoms with van der Waals surface area (Å²) in [5, 5.41) is 10.2. The van der Waals surface area contributed by atoms with Gasteiger partial charge < -0.3 is 19.6 Å². The Kier molecular flexibility index (Phi) is 5.11. The van der Waals surface area contributed by atoms with Crippen molar-refractivity contribution in [1.29, 1.82) is 0 Å². The van der Waals surface area contributed by atoms with E-state index in [-0.39, 0.29) is 12.0 Å². The summed E-state index contributed by atoms with van der Waals surface area (Å²) in [6.45, 7) is 3.25. The molecule has 1 aromatic carbocycles. The van der Waals surface area contributed by atoms with Crippen LogP contribution in [0.25, 0.3) is 10.9 Å². The quantitative estimate of drug-likeness (QED) is 0.895. The van der Waals surface area contributed by atoms with Crippen molar-refractivity contribution < 1.29 is 14.6 Å². The highest BCUT2D eigenvalue weighted by Crippen LogP contribution is 2.32. The number of rotatable bonds is 3. The van der Waals surface area contributed by atoms with E-state index >= 15 is 0 Å². The van der Waals surface area contributed by atoms with Crippen LogP contribution in [0.15, 0.2) is 24.5 Å². The minimum Gasteiger partial charge on any atom is -0.490 e. The summed E-state index contributed by atoms with van der Waals surface area (Å²) in [6.07, 6.45) is 4.73. The van der Waals surface area contributed by atoms with E-state index in [9.17, 15) is 4.79 Å². The maximum atomic E-state index is 11.1. The van der Waals surface area contributed by atoms with Crippen molar-refractivity contribution in [3.8, 4) is 5.75 Å². The summed E-state index contributed by atoms with van der Waals surface area (Å²) >= 11 is 0. The average Bonchev–Trinajstić information content (AvgIpc) is 2.69. The second kappa shape index (κ2) is 7.68. The van der Waals surface area contributed by atoms with E-state index in [2.05, 4.69) is 28.0 Å². The first-order valence-corrected chi connectivity index (χ1v) is 9.68. The Balaban J connectivity index is 1.50. The van der Waals surface area contributed by atoms with Gasteiger partial charge in [0, 0.05) is 43.5 Å². The second-order valence-corrected chi connectivity index (χ2v) is 7.60. The largest absolute Gasteiger partial charge is 0.490 e. The van der Waals surface area contributed by atoms with Crippen LogP contribution in [0.3, 0.4) is 0 Å². The highest BCUT2D eigenvalue weighted by atomic mass is 16.5. The number of fused-ring (bicyclic) bond motifs is 1. The molecule has 27 heavy (non-hydrogen) atoms. The van der Waals surface area contributed by atoms with Gasteiger partial charge in [-0.2, -0.15) is 0 Å². The molecule has 2 aliphatic heterocycles. The van der Waals surface area contributed by atoms with E-state index in [0.29, 0.717) is 13.1 Å². The zero-order valence-corrected chi connectivity index (χ0v) is 15.7. The van der Waals surface area contributed by atoms with Crippen molar-refractivity contribution in [2.24, 2.45) is 0 Å². The molecule has 144 valence electrons. The number of hydrogen-bond donors (Lipinski definition) is 1. The molecule has 2 aliphatic rings. The lowest BCUT2D eigenvalue weighted by Crippen LogP contribution is -2.37. The summed E-state index contributed by atoms with van der Waals surface area (Å²) in [5.41, 5.74) is 1.92. The van der Waals surface area contributed by atoms with Gasteiger partial charge in [-0.05, 0) is 44.9 Å². The van der Waals surface area contributed by atoms with Crippen LogP contribution in [-0.2, 0) is 0 Å². The monoisotopic (exact) mass is 370 g/mol. The first kappa shape index (κ1) is 18.0. The van der Waals surface area contributed by atoms with Gasteiger partial charge in [0.25, 0.3) is 0 Å². The van der Waals surface area contributed by atoms with E-state index in [0.717, 1.165) is 61.1 Å². The lowest BCUT2D eigenvalue weighted by Gasteiger charge is -2.30. The summed E-state index contributed by atoms with van der Waals surface area (Å²) in [6, 6.07) is 6.07. The molecule has 0 saturated carbocycles. The zero-order valence-electron chi connectivity index (χ0n) is 15.7. The molecule has 0 spiro atoms. The Bertz CT molecular complexity index is 812. The highest BCUT2D eigenvalue weighted by Gasteiger charge is 2.26. The van der Waals surface area contributed by atoms with Crippen LogP contribution in [0.1, 0.15) is 37.3 Å². The van der Waals surface area contributed by atoms with Crippen molar-refractivity contribution in [2.75, 3.05) is 33.2 Å². The predicted octanol–water partition coefficient (Wildman–Crippen LogP) is 2.96. The van der Waals surface area contributed by atoms with Gasteiger partial charge in [0.15, 0.2) is 0 Å². The summed E-state index contributed by atoms with van der Waals surface area (Å²) in [7, 11) is 2.14. The number of amides is 1. The van der Waals surface area contributed by atoms with E-state index in [1.54, 1.807) is 6.33 Å². The highest BCUT2D eigenvalue weighted by molar-refractivity contribution is 5.82. The van der Waals surface area contributed by atoms with Gasteiger partial charge in [-0.3, -0.25) is 0 Å². The fourth-order valence-electron chi connectivity index (χ4n) is 4.10. The Morgan fingerprint density at radius 1 is 1.11 bits per heavy atom. The van der Waals surface area contributed by atoms with Crippen LogP contribution >= 0.6 is 0 Å². The smallest absolute Gasteiger partial charge is 0.407 e. The summed E-state index contributed by atoms with van der Waals surface area (Å²) < 4.78 is 6.18. The molecule has 1 amide bonds. The van der Waals surface area contributed by atoms with Crippen molar-refractivity contribution in [3.05, 3.63) is 30.2 Å². The topological polar surface area (TPSA) is 78.8 Å². The molecule has 7 nitrogen and oxygen atoms in total. The molecule has 1 aromatic heterocycles. The summed E-state index contributed by atoms with van der Waals surface area (Å²) in [5.74, 6) is 1.13. The molecule has 0 unspecified atom stereocenters. The van der Waals surface area contributed by atoms with Crippen LogP contribution in [-0.4, -0.2) is 70.3 Å². The maximum absolute atomic E-state index is 11.1. The predicted molar refractivity (Wildman–Crippen MR) is 102 cm³/mol. The van der Waals surface area contributed by atoms with E-state index < -0.39 is 6.09 Å². The van der Waals surface area contributed by atoms with Gasteiger partial charge in [0.1, 0.15) is 18.2 Å². The fraction of sp³-hybridized carbons (Fsp3) is 0.550. The van der Waals surface area contributed by atoms with Crippen LogP contribution in [0, 0.1) is 0 Å². The van der Waals surface area contributed by atoms with Crippen molar-refractivity contribution in [3.63, 3.8) is 0 Å². The molecule has 0 atom stereocenters. The standard InChI is InChI=1S/C20H26N4O3/c1-23-8-6-15(7-9-23)27-16-2-3-17-18(12-16)21-13-22-19(17)14-4-10-24(11-5-14)20(25)26/h2-3,12-15H,4-11H2,1H3,(H,25,26).